The minimum Gasteiger partial charge on any atom is -0.497 e. The summed E-state index contributed by atoms with van der Waals surface area (Å²) < 4.78 is 22.0. The van der Waals surface area contributed by atoms with E-state index in [1.54, 1.807) is 18.2 Å². The molecular formula is C28H32N4O6. The van der Waals surface area contributed by atoms with E-state index in [1.165, 1.54) is 26.6 Å². The quantitative estimate of drug-likeness (QED) is 0.400. The van der Waals surface area contributed by atoms with Gasteiger partial charge >= 0.3 is 5.97 Å². The normalized spacial score (nSPS) is 14.9. The Kier molecular flexibility index (Phi) is 8.97. The van der Waals surface area contributed by atoms with Crippen molar-refractivity contribution in [3.63, 3.8) is 0 Å². The number of amides is 1. The highest BCUT2D eigenvalue weighted by atomic mass is 16.5. The van der Waals surface area contributed by atoms with E-state index < -0.39 is 5.97 Å². The lowest BCUT2D eigenvalue weighted by molar-refractivity contribution is 0.0600. The maximum absolute atomic E-state index is 12.7. The van der Waals surface area contributed by atoms with Crippen LogP contribution < -0.4 is 24.4 Å². The number of hydrogen-bond acceptors (Lipinski definition) is 9. The Labute approximate surface area is 221 Å². The molecule has 1 aliphatic rings. The molecule has 0 saturated carbocycles. The Morgan fingerprint density at radius 2 is 1.82 bits per heavy atom. The summed E-state index contributed by atoms with van der Waals surface area (Å²) in [5.74, 6) is 1.69. The molecule has 1 aromatic heterocycles. The van der Waals surface area contributed by atoms with Crippen LogP contribution in [0.1, 0.15) is 46.0 Å². The standard InChI is InChI=1S/C28H32N4O6/c1-4-37-24-9-5-6-10-25(24)38-22-8-7-11-32(18-22)28-30-16-21(17-31-28)26(33)29-15-19-12-20(27(34)36-3)14-23(13-19)35-2/h5-6,9-10,12-14,16-17,22H,4,7-8,11,15,18H2,1-3H3,(H,29,33)/t22-/m1/s1. The Balaban J connectivity index is 1.36. The minimum atomic E-state index is -0.482. The third-order valence-corrected chi connectivity index (χ3v) is 6.08. The molecule has 1 fully saturated rings. The van der Waals surface area contributed by atoms with Gasteiger partial charge < -0.3 is 29.2 Å². The lowest BCUT2D eigenvalue weighted by atomic mass is 10.1. The van der Waals surface area contributed by atoms with E-state index >= 15 is 0 Å². The maximum Gasteiger partial charge on any atom is 0.337 e. The van der Waals surface area contributed by atoms with Crippen molar-refractivity contribution >= 4 is 17.8 Å². The molecule has 3 aromatic rings. The van der Waals surface area contributed by atoms with Gasteiger partial charge in [0.2, 0.25) is 5.95 Å². The van der Waals surface area contributed by atoms with Gasteiger partial charge in [-0.15, -0.1) is 0 Å². The van der Waals surface area contributed by atoms with Crippen LogP contribution in [0.25, 0.3) is 0 Å². The molecule has 4 rings (SSSR count). The number of aromatic nitrogens is 2. The van der Waals surface area contributed by atoms with E-state index in [1.807, 2.05) is 31.2 Å². The number of ether oxygens (including phenoxy) is 4. The minimum absolute atomic E-state index is 0.0327. The van der Waals surface area contributed by atoms with E-state index in [9.17, 15) is 9.59 Å². The number of piperidine rings is 1. The third-order valence-electron chi connectivity index (χ3n) is 6.08. The van der Waals surface area contributed by atoms with Gasteiger partial charge in [-0.3, -0.25) is 4.79 Å². The molecule has 1 amide bonds. The molecule has 2 aromatic carbocycles. The fourth-order valence-electron chi connectivity index (χ4n) is 4.22. The average molecular weight is 521 g/mol. The predicted molar refractivity (Wildman–Crippen MR) is 141 cm³/mol. The van der Waals surface area contributed by atoms with Crippen LogP contribution in [0.15, 0.2) is 54.9 Å². The van der Waals surface area contributed by atoms with E-state index in [0.717, 1.165) is 30.9 Å². The van der Waals surface area contributed by atoms with Crippen molar-refractivity contribution in [2.75, 3.05) is 38.8 Å². The number of rotatable bonds is 10. The summed E-state index contributed by atoms with van der Waals surface area (Å²) in [5.41, 5.74) is 1.37. The number of anilines is 1. The molecule has 38 heavy (non-hydrogen) atoms. The largest absolute Gasteiger partial charge is 0.497 e. The Morgan fingerprint density at radius 3 is 2.53 bits per heavy atom. The maximum atomic E-state index is 12.7. The summed E-state index contributed by atoms with van der Waals surface area (Å²) >= 11 is 0. The van der Waals surface area contributed by atoms with Gasteiger partial charge in [-0.25, -0.2) is 14.8 Å². The van der Waals surface area contributed by atoms with E-state index in [-0.39, 0.29) is 18.6 Å². The lowest BCUT2D eigenvalue weighted by Gasteiger charge is -2.33. The molecule has 0 radical (unpaired) electrons. The van der Waals surface area contributed by atoms with Crippen LogP contribution in [0.4, 0.5) is 5.95 Å². The van der Waals surface area contributed by atoms with Crippen LogP contribution >= 0.6 is 0 Å². The predicted octanol–water partition coefficient (Wildman–Crippen LogP) is 3.65. The fourth-order valence-corrected chi connectivity index (χ4v) is 4.22. The van der Waals surface area contributed by atoms with Gasteiger partial charge in [-0.1, -0.05) is 12.1 Å². The van der Waals surface area contributed by atoms with Crippen molar-refractivity contribution in [1.29, 1.82) is 0 Å². The summed E-state index contributed by atoms with van der Waals surface area (Å²) in [4.78, 5) is 35.6. The average Bonchev–Trinajstić information content (AvgIpc) is 2.96. The van der Waals surface area contributed by atoms with Crippen LogP contribution in [0.5, 0.6) is 17.2 Å². The van der Waals surface area contributed by atoms with Crippen molar-refractivity contribution < 1.29 is 28.5 Å². The second-order valence-electron chi connectivity index (χ2n) is 8.72. The first-order chi connectivity index (χ1) is 18.5. The molecule has 2 heterocycles. The number of nitrogens with one attached hydrogen (secondary N) is 1. The molecule has 1 saturated heterocycles. The number of carbonyl (C=O) groups excluding carboxylic acids is 2. The van der Waals surface area contributed by atoms with Crippen molar-refractivity contribution in [3.8, 4) is 17.2 Å². The summed E-state index contributed by atoms with van der Waals surface area (Å²) in [5, 5.41) is 2.83. The van der Waals surface area contributed by atoms with E-state index in [0.29, 0.717) is 41.5 Å². The number of carbonyl (C=O) groups is 2. The first-order valence-electron chi connectivity index (χ1n) is 12.5. The zero-order valence-corrected chi connectivity index (χ0v) is 21.8. The molecule has 0 bridgehead atoms. The van der Waals surface area contributed by atoms with Gasteiger partial charge in [0.05, 0.1) is 38.5 Å². The Morgan fingerprint density at radius 1 is 1.05 bits per heavy atom. The molecule has 1 aliphatic heterocycles. The van der Waals surface area contributed by atoms with Gasteiger partial charge in [-0.05, 0) is 55.7 Å². The number of nitrogens with zero attached hydrogens (tertiary/aromatic N) is 3. The molecule has 0 spiro atoms. The molecule has 10 nitrogen and oxygen atoms in total. The zero-order valence-electron chi connectivity index (χ0n) is 21.8. The molecule has 0 unspecified atom stereocenters. The molecule has 1 atom stereocenters. The van der Waals surface area contributed by atoms with Crippen LogP contribution in [-0.2, 0) is 11.3 Å². The number of esters is 1. The number of hydrogen-bond donors (Lipinski definition) is 1. The number of benzene rings is 2. The van der Waals surface area contributed by atoms with Crippen molar-refractivity contribution in [3.05, 3.63) is 71.5 Å². The first kappa shape index (κ1) is 26.7. The van der Waals surface area contributed by atoms with Crippen molar-refractivity contribution in [1.82, 2.24) is 15.3 Å². The first-order valence-corrected chi connectivity index (χ1v) is 12.5. The van der Waals surface area contributed by atoms with Crippen LogP contribution in [0.3, 0.4) is 0 Å². The summed E-state index contributed by atoms with van der Waals surface area (Å²) in [6.07, 6.45) is 4.84. The van der Waals surface area contributed by atoms with Gasteiger partial charge in [0.15, 0.2) is 11.5 Å². The van der Waals surface area contributed by atoms with Gasteiger partial charge in [-0.2, -0.15) is 0 Å². The lowest BCUT2D eigenvalue weighted by Crippen LogP contribution is -2.42. The number of methoxy groups -OCH3 is 2. The Hall–Kier alpha value is -4.34. The molecule has 1 N–H and O–H groups in total. The molecule has 10 heteroatoms. The Bertz CT molecular complexity index is 1250. The highest BCUT2D eigenvalue weighted by Crippen LogP contribution is 2.29. The second kappa shape index (κ2) is 12.8. The zero-order chi connectivity index (χ0) is 26.9. The van der Waals surface area contributed by atoms with Gasteiger partial charge in [0, 0.05) is 25.5 Å². The monoisotopic (exact) mass is 520 g/mol. The van der Waals surface area contributed by atoms with Crippen molar-refractivity contribution in [2.24, 2.45) is 0 Å². The van der Waals surface area contributed by atoms with E-state index in [2.05, 4.69) is 20.2 Å². The SMILES string of the molecule is CCOc1ccccc1O[C@@H]1CCCN(c2ncc(C(=O)NCc3cc(OC)cc(C(=O)OC)c3)cn2)C1. The second-order valence-corrected chi connectivity index (χ2v) is 8.72. The summed E-state index contributed by atoms with van der Waals surface area (Å²) in [7, 11) is 2.82. The van der Waals surface area contributed by atoms with Crippen LogP contribution in [0, 0.1) is 0 Å². The van der Waals surface area contributed by atoms with Crippen molar-refractivity contribution in [2.45, 2.75) is 32.4 Å². The van der Waals surface area contributed by atoms with Gasteiger partial charge in [0.25, 0.3) is 5.91 Å². The van der Waals surface area contributed by atoms with Crippen LogP contribution in [-0.4, -0.2) is 61.9 Å². The topological polar surface area (TPSA) is 112 Å². The molecular weight excluding hydrogens is 488 g/mol. The summed E-state index contributed by atoms with van der Waals surface area (Å²) in [6.45, 7) is 4.14. The molecule has 200 valence electrons. The van der Waals surface area contributed by atoms with E-state index in [4.69, 9.17) is 18.9 Å². The molecule has 0 aliphatic carbocycles. The third kappa shape index (κ3) is 6.70. The highest BCUT2D eigenvalue weighted by Gasteiger charge is 2.24. The van der Waals surface area contributed by atoms with Crippen LogP contribution in [0.2, 0.25) is 0 Å². The highest BCUT2D eigenvalue weighted by molar-refractivity contribution is 5.93. The number of para-hydroxylation sites is 2. The summed E-state index contributed by atoms with van der Waals surface area (Å²) in [6, 6.07) is 12.6. The fraction of sp³-hybridized carbons (Fsp3) is 0.357. The van der Waals surface area contributed by atoms with Gasteiger partial charge in [0.1, 0.15) is 11.9 Å². The smallest absolute Gasteiger partial charge is 0.337 e.